The molecule has 4 heteroatoms. The second-order valence-electron chi connectivity index (χ2n) is 5.07. The molecular weight excluding hydrogens is 240 g/mol. The molecule has 1 aliphatic rings. The van der Waals surface area contributed by atoms with Gasteiger partial charge in [0, 0.05) is 25.3 Å². The first-order chi connectivity index (χ1) is 9.25. The van der Waals surface area contributed by atoms with Crippen molar-refractivity contribution in [3.63, 3.8) is 0 Å². The average molecular weight is 262 g/mol. The Morgan fingerprint density at radius 1 is 1.37 bits per heavy atom. The number of ether oxygens (including phenoxy) is 1. The summed E-state index contributed by atoms with van der Waals surface area (Å²) >= 11 is 0. The van der Waals surface area contributed by atoms with Crippen LogP contribution in [0.5, 0.6) is 0 Å². The van der Waals surface area contributed by atoms with Crippen LogP contribution in [0.25, 0.3) is 0 Å². The Balaban J connectivity index is 1.55. The summed E-state index contributed by atoms with van der Waals surface area (Å²) in [7, 11) is 0. The zero-order valence-electron chi connectivity index (χ0n) is 11.2. The molecule has 1 aliphatic carbocycles. The minimum absolute atomic E-state index is 0.0540. The molecule has 0 atom stereocenters. The number of para-hydroxylation sites is 1. The number of hydrogen-bond donors (Lipinski definition) is 2. The highest BCUT2D eigenvalue weighted by Gasteiger charge is 2.20. The summed E-state index contributed by atoms with van der Waals surface area (Å²) in [5, 5.41) is 2.86. The number of carbonyl (C=O) groups excluding carboxylic acids is 1. The summed E-state index contributed by atoms with van der Waals surface area (Å²) in [6.07, 6.45) is 3.74. The number of carbonyl (C=O) groups is 1. The number of benzene rings is 1. The fourth-order valence-electron chi connectivity index (χ4n) is 1.90. The number of nitrogen functional groups attached to an aromatic ring is 1. The van der Waals surface area contributed by atoms with Crippen molar-refractivity contribution in [1.29, 1.82) is 0 Å². The summed E-state index contributed by atoms with van der Waals surface area (Å²) in [6, 6.07) is 7.66. The highest BCUT2D eigenvalue weighted by Crippen LogP contribution is 2.28. The van der Waals surface area contributed by atoms with Crippen molar-refractivity contribution in [2.45, 2.75) is 25.7 Å². The normalized spacial score (nSPS) is 14.3. The van der Waals surface area contributed by atoms with Crippen LogP contribution in [-0.4, -0.2) is 25.7 Å². The van der Waals surface area contributed by atoms with E-state index in [0.717, 1.165) is 23.8 Å². The molecule has 1 fully saturated rings. The quantitative estimate of drug-likeness (QED) is 0.554. The van der Waals surface area contributed by atoms with E-state index in [-0.39, 0.29) is 5.91 Å². The second kappa shape index (κ2) is 7.14. The van der Waals surface area contributed by atoms with Crippen molar-refractivity contribution in [1.82, 2.24) is 5.32 Å². The van der Waals surface area contributed by atoms with Crippen LogP contribution in [0.1, 0.15) is 24.8 Å². The van der Waals surface area contributed by atoms with Gasteiger partial charge in [-0.3, -0.25) is 4.79 Å². The molecule has 1 amide bonds. The van der Waals surface area contributed by atoms with Crippen molar-refractivity contribution < 1.29 is 9.53 Å². The van der Waals surface area contributed by atoms with Crippen molar-refractivity contribution in [3.05, 3.63) is 29.8 Å². The number of amides is 1. The Kier molecular flexibility index (Phi) is 5.21. The molecule has 1 aromatic carbocycles. The minimum atomic E-state index is 0.0540. The van der Waals surface area contributed by atoms with Crippen LogP contribution in [0.15, 0.2) is 24.3 Å². The Morgan fingerprint density at radius 2 is 2.16 bits per heavy atom. The van der Waals surface area contributed by atoms with Gasteiger partial charge in [-0.25, -0.2) is 0 Å². The predicted octanol–water partition coefficient (Wildman–Crippen LogP) is 1.74. The molecule has 0 radical (unpaired) electrons. The van der Waals surface area contributed by atoms with Crippen molar-refractivity contribution >= 4 is 11.6 Å². The van der Waals surface area contributed by atoms with Crippen LogP contribution >= 0.6 is 0 Å². The molecule has 0 heterocycles. The van der Waals surface area contributed by atoms with Crippen LogP contribution in [0.4, 0.5) is 5.69 Å². The molecule has 0 aliphatic heterocycles. The van der Waals surface area contributed by atoms with Gasteiger partial charge in [0.25, 0.3) is 0 Å². The van der Waals surface area contributed by atoms with Crippen LogP contribution < -0.4 is 11.1 Å². The monoisotopic (exact) mass is 262 g/mol. The third-order valence-corrected chi connectivity index (χ3v) is 3.30. The van der Waals surface area contributed by atoms with Gasteiger partial charge in [0.1, 0.15) is 0 Å². The van der Waals surface area contributed by atoms with Gasteiger partial charge in [-0.2, -0.15) is 0 Å². The maximum atomic E-state index is 11.6. The van der Waals surface area contributed by atoms with Crippen molar-refractivity contribution in [3.8, 4) is 0 Å². The summed E-state index contributed by atoms with van der Waals surface area (Å²) in [5.41, 5.74) is 7.61. The van der Waals surface area contributed by atoms with Crippen LogP contribution in [0.2, 0.25) is 0 Å². The van der Waals surface area contributed by atoms with Crippen LogP contribution in [0, 0.1) is 5.92 Å². The largest absolute Gasteiger partial charge is 0.399 e. The maximum Gasteiger partial charge on any atom is 0.220 e. The lowest BCUT2D eigenvalue weighted by Gasteiger charge is -2.07. The Bertz CT molecular complexity index is 416. The molecule has 0 spiro atoms. The first-order valence-corrected chi connectivity index (χ1v) is 6.93. The lowest BCUT2D eigenvalue weighted by Crippen LogP contribution is -2.27. The average Bonchev–Trinajstić information content (AvgIpc) is 3.21. The van der Waals surface area contributed by atoms with E-state index >= 15 is 0 Å². The lowest BCUT2D eigenvalue weighted by molar-refractivity contribution is -0.121. The van der Waals surface area contributed by atoms with Gasteiger partial charge in [0.05, 0.1) is 6.61 Å². The first-order valence-electron chi connectivity index (χ1n) is 6.93. The molecule has 0 aromatic heterocycles. The minimum Gasteiger partial charge on any atom is -0.399 e. The molecule has 4 nitrogen and oxygen atoms in total. The van der Waals surface area contributed by atoms with Gasteiger partial charge >= 0.3 is 0 Å². The summed E-state index contributed by atoms with van der Waals surface area (Å²) in [6.45, 7) is 2.04. The number of hydrogen-bond acceptors (Lipinski definition) is 3. The molecule has 0 bridgehead atoms. The van der Waals surface area contributed by atoms with E-state index in [1.807, 2.05) is 24.3 Å². The molecule has 19 heavy (non-hydrogen) atoms. The van der Waals surface area contributed by atoms with Gasteiger partial charge in [-0.15, -0.1) is 0 Å². The van der Waals surface area contributed by atoms with Gasteiger partial charge < -0.3 is 15.8 Å². The molecule has 0 unspecified atom stereocenters. The van der Waals surface area contributed by atoms with Gasteiger partial charge in [-0.1, -0.05) is 18.2 Å². The highest BCUT2D eigenvalue weighted by atomic mass is 16.5. The first kappa shape index (κ1) is 13.9. The van der Waals surface area contributed by atoms with Gasteiger partial charge in [-0.05, 0) is 36.8 Å². The van der Waals surface area contributed by atoms with E-state index in [2.05, 4.69) is 5.32 Å². The Labute approximate surface area is 114 Å². The maximum absolute atomic E-state index is 11.6. The fraction of sp³-hybridized carbons (Fsp3) is 0.533. The van der Waals surface area contributed by atoms with E-state index in [9.17, 15) is 4.79 Å². The van der Waals surface area contributed by atoms with E-state index in [0.29, 0.717) is 26.0 Å². The molecule has 1 saturated carbocycles. The van der Waals surface area contributed by atoms with Crippen molar-refractivity contribution in [2.24, 2.45) is 5.92 Å². The van der Waals surface area contributed by atoms with E-state index < -0.39 is 0 Å². The Morgan fingerprint density at radius 3 is 2.89 bits per heavy atom. The van der Waals surface area contributed by atoms with E-state index in [1.165, 1.54) is 12.8 Å². The third-order valence-electron chi connectivity index (χ3n) is 3.30. The Hall–Kier alpha value is -1.55. The van der Waals surface area contributed by atoms with E-state index in [4.69, 9.17) is 10.5 Å². The lowest BCUT2D eigenvalue weighted by atomic mass is 10.1. The number of nitrogens with two attached hydrogens (primary N) is 1. The third kappa shape index (κ3) is 5.30. The highest BCUT2D eigenvalue weighted by molar-refractivity contribution is 5.76. The molecule has 1 aromatic rings. The molecule has 2 rings (SSSR count). The van der Waals surface area contributed by atoms with Crippen LogP contribution in [-0.2, 0) is 16.0 Å². The number of aryl methyl sites for hydroxylation is 1. The smallest absolute Gasteiger partial charge is 0.220 e. The standard InChI is InChI=1S/C15H22N2O2/c16-14-4-2-1-3-13(14)7-8-15(18)17-9-10-19-11-12-5-6-12/h1-4,12H,5-11,16H2,(H,17,18). The zero-order chi connectivity index (χ0) is 13.5. The summed E-state index contributed by atoms with van der Waals surface area (Å²) in [5.74, 6) is 0.829. The molecule has 104 valence electrons. The SMILES string of the molecule is Nc1ccccc1CCC(=O)NCCOCC1CC1. The topological polar surface area (TPSA) is 64.4 Å². The fourth-order valence-corrected chi connectivity index (χ4v) is 1.90. The summed E-state index contributed by atoms with van der Waals surface area (Å²) in [4.78, 5) is 11.6. The molecule has 0 saturated heterocycles. The number of nitrogens with one attached hydrogen (secondary N) is 1. The zero-order valence-corrected chi connectivity index (χ0v) is 11.2. The van der Waals surface area contributed by atoms with E-state index in [1.54, 1.807) is 0 Å². The van der Waals surface area contributed by atoms with Gasteiger partial charge in [0.15, 0.2) is 0 Å². The molecular formula is C15H22N2O2. The molecule has 3 N–H and O–H groups in total. The number of anilines is 1. The second-order valence-corrected chi connectivity index (χ2v) is 5.07. The number of rotatable bonds is 8. The van der Waals surface area contributed by atoms with Crippen molar-refractivity contribution in [2.75, 3.05) is 25.5 Å². The predicted molar refractivity (Wildman–Crippen MR) is 75.7 cm³/mol. The summed E-state index contributed by atoms with van der Waals surface area (Å²) < 4.78 is 5.46. The van der Waals surface area contributed by atoms with Crippen LogP contribution in [0.3, 0.4) is 0 Å². The van der Waals surface area contributed by atoms with Gasteiger partial charge in [0.2, 0.25) is 5.91 Å².